The molecule has 0 aliphatic heterocycles. The fourth-order valence-electron chi connectivity index (χ4n) is 1.56. The summed E-state index contributed by atoms with van der Waals surface area (Å²) in [6, 6.07) is 0. The van der Waals surface area contributed by atoms with Crippen molar-refractivity contribution in [3.05, 3.63) is 10.6 Å². The minimum atomic E-state index is 0.171. The first-order valence-corrected chi connectivity index (χ1v) is 4.75. The van der Waals surface area contributed by atoms with E-state index in [9.17, 15) is 4.79 Å². The van der Waals surface area contributed by atoms with Crippen molar-refractivity contribution in [2.75, 3.05) is 0 Å². The summed E-state index contributed by atoms with van der Waals surface area (Å²) in [5, 5.41) is 0. The van der Waals surface area contributed by atoms with Gasteiger partial charge in [0.05, 0.1) is 4.48 Å². The van der Waals surface area contributed by atoms with Gasteiger partial charge in [-0.25, -0.2) is 0 Å². The summed E-state index contributed by atoms with van der Waals surface area (Å²) in [4.78, 5) is 11.3. The summed E-state index contributed by atoms with van der Waals surface area (Å²) < 4.78 is 0.767. The molecule has 0 heterocycles. The van der Waals surface area contributed by atoms with Crippen LogP contribution < -0.4 is 0 Å². The van der Waals surface area contributed by atoms with Crippen LogP contribution in [0.3, 0.4) is 0 Å². The molecule has 0 unspecified atom stereocenters. The maximum absolute atomic E-state index is 11.3. The van der Waals surface area contributed by atoms with E-state index in [2.05, 4.69) is 29.8 Å². The van der Waals surface area contributed by atoms with Crippen LogP contribution in [0.25, 0.3) is 0 Å². The lowest BCUT2D eigenvalue weighted by Crippen LogP contribution is -2.16. The number of halogens is 1. The molecule has 1 aliphatic rings. The first kappa shape index (κ1) is 8.98. The number of carbonyl (C=O) groups is 1. The average molecular weight is 217 g/mol. The Labute approximate surface area is 76.0 Å². The van der Waals surface area contributed by atoms with Crippen molar-refractivity contribution in [1.29, 1.82) is 0 Å². The minimum Gasteiger partial charge on any atom is -0.293 e. The molecule has 0 aromatic carbocycles. The predicted octanol–water partition coefficient (Wildman–Crippen LogP) is 2.76. The highest BCUT2D eigenvalue weighted by Gasteiger charge is 2.32. The summed E-state index contributed by atoms with van der Waals surface area (Å²) in [5.74, 6) is 1.41. The van der Waals surface area contributed by atoms with E-state index in [0.29, 0.717) is 11.8 Å². The summed E-state index contributed by atoms with van der Waals surface area (Å²) in [6.45, 7) is 6.30. The second-order valence-corrected chi connectivity index (χ2v) is 4.34. The van der Waals surface area contributed by atoms with Gasteiger partial charge in [-0.05, 0) is 27.8 Å². The van der Waals surface area contributed by atoms with Gasteiger partial charge in [0, 0.05) is 5.92 Å². The molecule has 1 aliphatic carbocycles. The van der Waals surface area contributed by atoms with Crippen LogP contribution in [-0.2, 0) is 4.79 Å². The molecule has 0 radical (unpaired) electrons. The van der Waals surface area contributed by atoms with Crippen LogP contribution in [0.5, 0.6) is 0 Å². The molecule has 0 aromatic heterocycles. The molecular formula is C9H13BrO. The molecule has 1 nitrogen and oxygen atoms in total. The third-order valence-electron chi connectivity index (χ3n) is 2.33. The molecule has 1 rings (SSSR count). The fourth-order valence-corrected chi connectivity index (χ4v) is 2.22. The van der Waals surface area contributed by atoms with Crippen LogP contribution in [0.4, 0.5) is 0 Å². The highest BCUT2D eigenvalue weighted by atomic mass is 79.9. The van der Waals surface area contributed by atoms with Gasteiger partial charge in [0.25, 0.3) is 0 Å². The predicted molar refractivity (Wildman–Crippen MR) is 49.5 cm³/mol. The van der Waals surface area contributed by atoms with E-state index >= 15 is 0 Å². The number of hydrogen-bond donors (Lipinski definition) is 0. The second-order valence-electron chi connectivity index (χ2n) is 3.49. The van der Waals surface area contributed by atoms with Gasteiger partial charge in [0.2, 0.25) is 0 Å². The Hall–Kier alpha value is -0.110. The standard InChI is InChI=1S/C9H13BrO/c1-5(2)7-4-8(10)9(11)6(7)3/h4-7H,1-3H3/t6-,7-/m0/s1. The maximum Gasteiger partial charge on any atom is 0.172 e. The van der Waals surface area contributed by atoms with Crippen LogP contribution >= 0.6 is 15.9 Å². The normalized spacial score (nSPS) is 31.4. The Kier molecular flexibility index (Phi) is 2.53. The third-order valence-corrected chi connectivity index (χ3v) is 2.99. The van der Waals surface area contributed by atoms with Gasteiger partial charge in [0.15, 0.2) is 5.78 Å². The molecule has 2 heteroatoms. The van der Waals surface area contributed by atoms with Gasteiger partial charge in [-0.3, -0.25) is 4.79 Å². The molecule has 0 aromatic rings. The van der Waals surface area contributed by atoms with Crippen LogP contribution in [0.2, 0.25) is 0 Å². The second kappa shape index (κ2) is 3.10. The van der Waals surface area contributed by atoms with Crippen molar-refractivity contribution in [3.8, 4) is 0 Å². The number of allylic oxidation sites excluding steroid dienone is 2. The number of ketones is 1. The monoisotopic (exact) mass is 216 g/mol. The number of rotatable bonds is 1. The highest BCUT2D eigenvalue weighted by molar-refractivity contribution is 9.12. The first-order valence-electron chi connectivity index (χ1n) is 3.95. The van der Waals surface area contributed by atoms with E-state index in [1.165, 1.54) is 0 Å². The van der Waals surface area contributed by atoms with E-state index in [4.69, 9.17) is 0 Å². The molecule has 0 saturated carbocycles. The summed E-state index contributed by atoms with van der Waals surface area (Å²) in [5.41, 5.74) is 0. The highest BCUT2D eigenvalue weighted by Crippen LogP contribution is 2.34. The molecule has 0 saturated heterocycles. The lowest BCUT2D eigenvalue weighted by molar-refractivity contribution is -0.118. The molecule has 2 atom stereocenters. The number of carbonyl (C=O) groups excluding carboxylic acids is 1. The molecule has 0 amide bonds. The average Bonchev–Trinajstić information content (AvgIpc) is 2.17. The van der Waals surface area contributed by atoms with Crippen molar-refractivity contribution in [2.24, 2.45) is 17.8 Å². The zero-order valence-corrected chi connectivity index (χ0v) is 8.68. The zero-order valence-electron chi connectivity index (χ0n) is 7.10. The van der Waals surface area contributed by atoms with Crippen LogP contribution in [0.1, 0.15) is 20.8 Å². The Morgan fingerprint density at radius 1 is 1.55 bits per heavy atom. The van der Waals surface area contributed by atoms with E-state index in [1.807, 2.05) is 13.0 Å². The Morgan fingerprint density at radius 2 is 2.09 bits per heavy atom. The quantitative estimate of drug-likeness (QED) is 0.659. The SMILES string of the molecule is CC(C)[C@@H]1C=C(Br)C(=O)[C@H]1C. The van der Waals surface area contributed by atoms with E-state index < -0.39 is 0 Å². The van der Waals surface area contributed by atoms with Crippen LogP contribution in [0.15, 0.2) is 10.6 Å². The van der Waals surface area contributed by atoms with Gasteiger partial charge in [-0.1, -0.05) is 26.8 Å². The van der Waals surface area contributed by atoms with Crippen molar-refractivity contribution < 1.29 is 4.79 Å². The molecular weight excluding hydrogens is 204 g/mol. The fraction of sp³-hybridized carbons (Fsp3) is 0.667. The largest absolute Gasteiger partial charge is 0.293 e. The van der Waals surface area contributed by atoms with E-state index in [0.717, 1.165) is 4.48 Å². The zero-order chi connectivity index (χ0) is 8.59. The van der Waals surface area contributed by atoms with Gasteiger partial charge >= 0.3 is 0 Å². The van der Waals surface area contributed by atoms with Gasteiger partial charge in [-0.2, -0.15) is 0 Å². The van der Waals surface area contributed by atoms with E-state index in [-0.39, 0.29) is 11.7 Å². The lowest BCUT2D eigenvalue weighted by atomic mass is 9.87. The molecule has 0 spiro atoms. The van der Waals surface area contributed by atoms with Gasteiger partial charge in [-0.15, -0.1) is 0 Å². The smallest absolute Gasteiger partial charge is 0.172 e. The molecule has 0 bridgehead atoms. The number of Topliss-reactive ketones (excluding diaryl/α,β-unsaturated/α-hetero) is 1. The summed E-state index contributed by atoms with van der Waals surface area (Å²) in [6.07, 6.45) is 2.04. The van der Waals surface area contributed by atoms with Crippen molar-refractivity contribution >= 4 is 21.7 Å². The van der Waals surface area contributed by atoms with Crippen LogP contribution in [-0.4, -0.2) is 5.78 Å². The molecule has 0 N–H and O–H groups in total. The van der Waals surface area contributed by atoms with Gasteiger partial charge < -0.3 is 0 Å². The first-order chi connectivity index (χ1) is 5.04. The topological polar surface area (TPSA) is 17.1 Å². The molecule has 11 heavy (non-hydrogen) atoms. The van der Waals surface area contributed by atoms with Crippen molar-refractivity contribution in [1.82, 2.24) is 0 Å². The molecule has 0 fully saturated rings. The Balaban J connectivity index is 2.80. The Morgan fingerprint density at radius 3 is 2.27 bits per heavy atom. The Bertz CT molecular complexity index is 206. The van der Waals surface area contributed by atoms with Crippen molar-refractivity contribution in [3.63, 3.8) is 0 Å². The lowest BCUT2D eigenvalue weighted by Gasteiger charge is -2.16. The minimum absolute atomic E-state index is 0.171. The summed E-state index contributed by atoms with van der Waals surface area (Å²) in [7, 11) is 0. The maximum atomic E-state index is 11.3. The third kappa shape index (κ3) is 1.56. The molecule has 62 valence electrons. The number of hydrogen-bond acceptors (Lipinski definition) is 1. The van der Waals surface area contributed by atoms with E-state index in [1.54, 1.807) is 0 Å². The van der Waals surface area contributed by atoms with Crippen LogP contribution in [0, 0.1) is 17.8 Å². The van der Waals surface area contributed by atoms with Gasteiger partial charge in [0.1, 0.15) is 0 Å². The summed E-state index contributed by atoms with van der Waals surface area (Å²) >= 11 is 3.26. The van der Waals surface area contributed by atoms with Crippen molar-refractivity contribution in [2.45, 2.75) is 20.8 Å².